The third-order valence-corrected chi connectivity index (χ3v) is 5.50. The number of amides is 2. The Morgan fingerprint density at radius 3 is 2.75 bits per heavy atom. The van der Waals surface area contributed by atoms with Crippen molar-refractivity contribution in [3.8, 4) is 0 Å². The van der Waals surface area contributed by atoms with Gasteiger partial charge in [0, 0.05) is 25.2 Å². The van der Waals surface area contributed by atoms with Crippen molar-refractivity contribution >= 4 is 11.8 Å². The van der Waals surface area contributed by atoms with E-state index < -0.39 is 0 Å². The lowest BCUT2D eigenvalue weighted by atomic mass is 9.67. The van der Waals surface area contributed by atoms with E-state index in [1.54, 1.807) is 0 Å². The summed E-state index contributed by atoms with van der Waals surface area (Å²) in [5, 5.41) is 9.32. The second-order valence-corrected chi connectivity index (χ2v) is 6.97. The number of fused-ring (bicyclic) bond motifs is 1. The first-order valence-electron chi connectivity index (χ1n) is 9.02. The fraction of sp³-hybridized carbons (Fsp3) is 0.579. The van der Waals surface area contributed by atoms with Crippen molar-refractivity contribution < 1.29 is 9.59 Å². The van der Waals surface area contributed by atoms with Gasteiger partial charge in [-0.3, -0.25) is 9.59 Å². The van der Waals surface area contributed by atoms with Gasteiger partial charge < -0.3 is 16.0 Å². The standard InChI is InChI=1S/C19H27N3O2/c1-2-21-17(23)15-8-6-14(7-9-15)11-22-18(24)19-10-4-3-5-16(19)12-20-13-19/h6-9,16,20H,2-5,10-13H2,1H3,(H,21,23)(H,22,24)/t16-,19+/m0/s1. The predicted octanol–water partition coefficient (Wildman–Crippen LogP) is 1.83. The zero-order chi connectivity index (χ0) is 17.0. The maximum atomic E-state index is 12.8. The highest BCUT2D eigenvalue weighted by Gasteiger charge is 2.49. The van der Waals surface area contributed by atoms with Crippen LogP contribution in [0.5, 0.6) is 0 Å². The minimum absolute atomic E-state index is 0.0611. The molecule has 1 aliphatic carbocycles. The molecular formula is C19H27N3O2. The molecule has 3 N–H and O–H groups in total. The van der Waals surface area contributed by atoms with E-state index in [-0.39, 0.29) is 17.2 Å². The van der Waals surface area contributed by atoms with Gasteiger partial charge in [0.2, 0.25) is 5.91 Å². The van der Waals surface area contributed by atoms with Gasteiger partial charge in [-0.05, 0) is 49.9 Å². The minimum atomic E-state index is -0.209. The Labute approximate surface area is 143 Å². The van der Waals surface area contributed by atoms with Gasteiger partial charge in [0.1, 0.15) is 0 Å². The number of carbonyl (C=O) groups is 2. The van der Waals surface area contributed by atoms with Crippen LogP contribution in [0.15, 0.2) is 24.3 Å². The van der Waals surface area contributed by atoms with Gasteiger partial charge in [0.25, 0.3) is 5.91 Å². The van der Waals surface area contributed by atoms with E-state index in [2.05, 4.69) is 16.0 Å². The fourth-order valence-electron chi connectivity index (χ4n) is 4.09. The number of rotatable bonds is 5. The van der Waals surface area contributed by atoms with Crippen LogP contribution in [0, 0.1) is 11.3 Å². The maximum Gasteiger partial charge on any atom is 0.251 e. The summed E-state index contributed by atoms with van der Waals surface area (Å²) in [5.74, 6) is 0.602. The van der Waals surface area contributed by atoms with Gasteiger partial charge in [-0.2, -0.15) is 0 Å². The topological polar surface area (TPSA) is 70.2 Å². The average molecular weight is 329 g/mol. The van der Waals surface area contributed by atoms with Crippen molar-refractivity contribution in [2.45, 2.75) is 39.2 Å². The highest BCUT2D eigenvalue weighted by Crippen LogP contribution is 2.43. The smallest absolute Gasteiger partial charge is 0.251 e. The monoisotopic (exact) mass is 329 g/mol. The summed E-state index contributed by atoms with van der Waals surface area (Å²) < 4.78 is 0. The molecule has 0 radical (unpaired) electrons. The van der Waals surface area contributed by atoms with E-state index in [1.807, 2.05) is 31.2 Å². The van der Waals surface area contributed by atoms with Crippen molar-refractivity contribution in [1.29, 1.82) is 0 Å². The normalized spacial score (nSPS) is 25.8. The first-order chi connectivity index (χ1) is 11.7. The van der Waals surface area contributed by atoms with Crippen LogP contribution in [-0.2, 0) is 11.3 Å². The van der Waals surface area contributed by atoms with Gasteiger partial charge in [0.05, 0.1) is 5.41 Å². The van der Waals surface area contributed by atoms with E-state index in [0.29, 0.717) is 24.6 Å². The Hall–Kier alpha value is -1.88. The summed E-state index contributed by atoms with van der Waals surface area (Å²) in [6, 6.07) is 7.44. The largest absolute Gasteiger partial charge is 0.352 e. The Morgan fingerprint density at radius 2 is 2.00 bits per heavy atom. The van der Waals surface area contributed by atoms with Crippen LogP contribution in [0.1, 0.15) is 48.5 Å². The number of nitrogens with one attached hydrogen (secondary N) is 3. The lowest BCUT2D eigenvalue weighted by molar-refractivity contribution is -0.134. The quantitative estimate of drug-likeness (QED) is 0.772. The molecule has 0 bridgehead atoms. The summed E-state index contributed by atoms with van der Waals surface area (Å²) in [4.78, 5) is 24.6. The van der Waals surface area contributed by atoms with Crippen molar-refractivity contribution in [1.82, 2.24) is 16.0 Å². The molecule has 24 heavy (non-hydrogen) atoms. The van der Waals surface area contributed by atoms with Crippen molar-refractivity contribution in [2.24, 2.45) is 11.3 Å². The Kier molecular flexibility index (Phi) is 5.19. The molecule has 0 aromatic heterocycles. The SMILES string of the molecule is CCNC(=O)c1ccc(CNC(=O)[C@@]23CCCC[C@H]2CNC3)cc1. The van der Waals surface area contributed by atoms with E-state index in [1.165, 1.54) is 6.42 Å². The molecule has 0 unspecified atom stereocenters. The zero-order valence-electron chi connectivity index (χ0n) is 14.4. The lowest BCUT2D eigenvalue weighted by Crippen LogP contribution is -2.47. The van der Waals surface area contributed by atoms with Crippen LogP contribution in [0.25, 0.3) is 0 Å². The van der Waals surface area contributed by atoms with Gasteiger partial charge in [0.15, 0.2) is 0 Å². The molecule has 1 aliphatic heterocycles. The lowest BCUT2D eigenvalue weighted by Gasteiger charge is -2.37. The van der Waals surface area contributed by atoms with Gasteiger partial charge in [-0.25, -0.2) is 0 Å². The molecule has 1 saturated heterocycles. The number of hydrogen-bond acceptors (Lipinski definition) is 3. The first kappa shape index (κ1) is 17.0. The van der Waals surface area contributed by atoms with E-state index >= 15 is 0 Å². The number of benzene rings is 1. The average Bonchev–Trinajstić information content (AvgIpc) is 3.05. The first-order valence-corrected chi connectivity index (χ1v) is 9.02. The highest BCUT2D eigenvalue weighted by molar-refractivity contribution is 5.94. The number of carbonyl (C=O) groups excluding carboxylic acids is 2. The zero-order valence-corrected chi connectivity index (χ0v) is 14.4. The highest BCUT2D eigenvalue weighted by atomic mass is 16.2. The van der Waals surface area contributed by atoms with Crippen LogP contribution in [0.2, 0.25) is 0 Å². The summed E-state index contributed by atoms with van der Waals surface area (Å²) >= 11 is 0. The third-order valence-electron chi connectivity index (χ3n) is 5.50. The predicted molar refractivity (Wildman–Crippen MR) is 93.6 cm³/mol. The third kappa shape index (κ3) is 3.31. The van der Waals surface area contributed by atoms with E-state index in [0.717, 1.165) is 37.9 Å². The summed E-state index contributed by atoms with van der Waals surface area (Å²) in [6.45, 7) is 4.81. The van der Waals surface area contributed by atoms with Crippen LogP contribution in [-0.4, -0.2) is 31.4 Å². The molecule has 2 atom stereocenters. The Morgan fingerprint density at radius 1 is 1.21 bits per heavy atom. The molecule has 1 aromatic rings. The second kappa shape index (κ2) is 7.34. The van der Waals surface area contributed by atoms with Crippen LogP contribution >= 0.6 is 0 Å². The van der Waals surface area contributed by atoms with Crippen LogP contribution in [0.4, 0.5) is 0 Å². The number of hydrogen-bond donors (Lipinski definition) is 3. The molecule has 1 aromatic carbocycles. The van der Waals surface area contributed by atoms with Gasteiger partial charge in [-0.1, -0.05) is 25.0 Å². The molecule has 1 heterocycles. The van der Waals surface area contributed by atoms with Crippen LogP contribution in [0.3, 0.4) is 0 Å². The summed E-state index contributed by atoms with van der Waals surface area (Å²) in [6.07, 6.45) is 4.53. The fourth-order valence-corrected chi connectivity index (χ4v) is 4.09. The molecule has 5 heteroatoms. The molecule has 5 nitrogen and oxygen atoms in total. The molecule has 2 amide bonds. The molecule has 2 fully saturated rings. The summed E-state index contributed by atoms with van der Waals surface area (Å²) in [7, 11) is 0. The van der Waals surface area contributed by atoms with Crippen molar-refractivity contribution in [3.05, 3.63) is 35.4 Å². The molecule has 2 aliphatic rings. The Balaban J connectivity index is 1.59. The van der Waals surface area contributed by atoms with E-state index in [4.69, 9.17) is 0 Å². The van der Waals surface area contributed by atoms with Crippen LogP contribution < -0.4 is 16.0 Å². The maximum absolute atomic E-state index is 12.8. The molecule has 0 spiro atoms. The second-order valence-electron chi connectivity index (χ2n) is 6.97. The summed E-state index contributed by atoms with van der Waals surface area (Å²) in [5.41, 5.74) is 1.46. The van der Waals surface area contributed by atoms with E-state index in [9.17, 15) is 9.59 Å². The van der Waals surface area contributed by atoms with Crippen molar-refractivity contribution in [2.75, 3.05) is 19.6 Å². The molecular weight excluding hydrogens is 302 g/mol. The Bertz CT molecular complexity index is 599. The van der Waals surface area contributed by atoms with Gasteiger partial charge in [-0.15, -0.1) is 0 Å². The molecule has 1 saturated carbocycles. The minimum Gasteiger partial charge on any atom is -0.352 e. The molecule has 3 rings (SSSR count). The van der Waals surface area contributed by atoms with Crippen molar-refractivity contribution in [3.63, 3.8) is 0 Å². The molecule has 130 valence electrons. The van der Waals surface area contributed by atoms with Gasteiger partial charge >= 0.3 is 0 Å².